The van der Waals surface area contributed by atoms with Crippen LogP contribution in [-0.4, -0.2) is 96.8 Å². The molecule has 16 heteroatoms. The van der Waals surface area contributed by atoms with Crippen molar-refractivity contribution in [1.29, 1.82) is 0 Å². The van der Waals surface area contributed by atoms with Crippen LogP contribution in [0.25, 0.3) is 0 Å². The Hall–Kier alpha value is -3.54. The number of aromatic nitrogens is 2. The molecule has 2 fully saturated rings. The van der Waals surface area contributed by atoms with E-state index in [1.54, 1.807) is 0 Å². The van der Waals surface area contributed by atoms with E-state index in [9.17, 15) is 39.6 Å². The van der Waals surface area contributed by atoms with Gasteiger partial charge in [0.1, 0.15) is 30.5 Å². The van der Waals surface area contributed by atoms with Crippen molar-refractivity contribution in [3.05, 3.63) is 57.2 Å². The van der Waals surface area contributed by atoms with Crippen LogP contribution in [-0.2, 0) is 23.8 Å². The number of nitrogens with one attached hydrogen (secondary N) is 3. The number of carbonyl (C=O) groups excluding carboxylic acids is 2. The summed E-state index contributed by atoms with van der Waals surface area (Å²) in [4.78, 5) is 50.8. The topological polar surface area (TPSA) is 248 Å². The molecule has 0 aromatic carbocycles. The minimum atomic E-state index is -1.89. The first-order valence-corrected chi connectivity index (χ1v) is 12.7. The third-order valence-electron chi connectivity index (χ3n) is 6.97. The standard InChI is InChI=1S/C24H33N5O11/c1-9-4-3-5-11(10(2)26-9)27-21(36)13-8-12(30)15(32)23(38-13)40-19(20(25)35)18-16(33)17(34)22(39-18)29-7-6-14(31)28-24(29)37/h6-9,11-12,15-19,22-23,26,30,32-34H,2-5H2,1H3,(H2,25,35)(H,27,36)(H,28,31,37). The minimum absolute atomic E-state index is 0.175. The van der Waals surface area contributed by atoms with Gasteiger partial charge in [-0.2, -0.15) is 0 Å². The molecule has 1 aromatic rings. The zero-order chi connectivity index (χ0) is 29.3. The van der Waals surface area contributed by atoms with E-state index in [0.717, 1.165) is 35.7 Å². The quantitative estimate of drug-likeness (QED) is 0.158. The summed E-state index contributed by atoms with van der Waals surface area (Å²) in [6.45, 7) is 5.94. The van der Waals surface area contributed by atoms with Crippen molar-refractivity contribution in [3.63, 3.8) is 0 Å². The van der Waals surface area contributed by atoms with Crippen LogP contribution in [0.15, 0.2) is 46.0 Å². The summed E-state index contributed by atoms with van der Waals surface area (Å²) >= 11 is 0. The van der Waals surface area contributed by atoms with Crippen molar-refractivity contribution < 1.29 is 44.2 Å². The molecule has 0 saturated carbocycles. The lowest BCUT2D eigenvalue weighted by Crippen LogP contribution is -2.54. The van der Waals surface area contributed by atoms with Crippen LogP contribution in [0.1, 0.15) is 32.4 Å². The fraction of sp³-hybridized carbons (Fsp3) is 0.583. The number of primary amides is 1. The van der Waals surface area contributed by atoms with E-state index >= 15 is 0 Å². The molecule has 10 atom stereocenters. The van der Waals surface area contributed by atoms with Crippen LogP contribution in [0.4, 0.5) is 0 Å². The van der Waals surface area contributed by atoms with Gasteiger partial charge in [0, 0.05) is 24.0 Å². The van der Waals surface area contributed by atoms with Gasteiger partial charge >= 0.3 is 5.69 Å². The van der Waals surface area contributed by atoms with Crippen molar-refractivity contribution >= 4 is 11.8 Å². The number of aromatic amines is 1. The van der Waals surface area contributed by atoms with Crippen LogP contribution < -0.4 is 27.6 Å². The van der Waals surface area contributed by atoms with Crippen LogP contribution in [0.3, 0.4) is 0 Å². The third-order valence-corrected chi connectivity index (χ3v) is 6.97. The monoisotopic (exact) mass is 567 g/mol. The average molecular weight is 568 g/mol. The van der Waals surface area contributed by atoms with E-state index in [0.29, 0.717) is 12.1 Å². The van der Waals surface area contributed by atoms with E-state index in [1.807, 2.05) is 11.9 Å². The van der Waals surface area contributed by atoms with Crippen molar-refractivity contribution in [3.8, 4) is 0 Å². The highest BCUT2D eigenvalue weighted by Gasteiger charge is 2.51. The number of amides is 2. The lowest BCUT2D eigenvalue weighted by atomic mass is 10.0. The molecule has 0 spiro atoms. The van der Waals surface area contributed by atoms with Gasteiger partial charge in [-0.3, -0.25) is 23.9 Å². The fourth-order valence-corrected chi connectivity index (χ4v) is 4.81. The Morgan fingerprint density at radius 3 is 2.60 bits per heavy atom. The van der Waals surface area contributed by atoms with Gasteiger partial charge in [0.15, 0.2) is 18.1 Å². The molecule has 0 radical (unpaired) electrons. The Kier molecular flexibility index (Phi) is 8.77. The van der Waals surface area contributed by atoms with Gasteiger partial charge in [0.2, 0.25) is 12.2 Å². The summed E-state index contributed by atoms with van der Waals surface area (Å²) in [6.07, 6.45) is -9.75. The highest BCUT2D eigenvalue weighted by atomic mass is 16.7. The lowest BCUT2D eigenvalue weighted by molar-refractivity contribution is -0.240. The molecular formula is C24H33N5O11. The Morgan fingerprint density at radius 1 is 1.20 bits per heavy atom. The molecule has 9 N–H and O–H groups in total. The number of carbonyl (C=O) groups is 2. The number of hydrogen-bond acceptors (Lipinski definition) is 12. The molecule has 16 nitrogen and oxygen atoms in total. The molecule has 220 valence electrons. The summed E-state index contributed by atoms with van der Waals surface area (Å²) in [5.41, 5.74) is 4.37. The van der Waals surface area contributed by atoms with E-state index in [4.69, 9.17) is 19.9 Å². The van der Waals surface area contributed by atoms with Gasteiger partial charge in [0.05, 0.1) is 6.04 Å². The number of aliphatic hydroxyl groups excluding tert-OH is 4. The molecule has 4 heterocycles. The first-order valence-electron chi connectivity index (χ1n) is 12.7. The molecule has 0 aliphatic carbocycles. The van der Waals surface area contributed by atoms with Crippen LogP contribution >= 0.6 is 0 Å². The Balaban J connectivity index is 1.49. The summed E-state index contributed by atoms with van der Waals surface area (Å²) in [5, 5.41) is 47.9. The predicted octanol–water partition coefficient (Wildman–Crippen LogP) is -3.85. The first-order chi connectivity index (χ1) is 18.9. The number of rotatable bonds is 7. The SMILES string of the molecule is C=C1NC(C)CCCC1NC(=O)C1=CC(O)C(O)C(OC(C(N)=O)C2OC(n3ccc(=O)[nH]c3=O)C(O)C2O)O1. The Bertz CT molecular complexity index is 1280. The predicted molar refractivity (Wildman–Crippen MR) is 134 cm³/mol. The van der Waals surface area contributed by atoms with E-state index in [-0.39, 0.29) is 6.04 Å². The van der Waals surface area contributed by atoms with E-state index in [2.05, 4.69) is 17.2 Å². The van der Waals surface area contributed by atoms with Crippen LogP contribution in [0.5, 0.6) is 0 Å². The largest absolute Gasteiger partial charge is 0.456 e. The summed E-state index contributed by atoms with van der Waals surface area (Å²) in [7, 11) is 0. The second-order valence-electron chi connectivity index (χ2n) is 9.97. The van der Waals surface area contributed by atoms with E-state index < -0.39 is 84.0 Å². The lowest BCUT2D eigenvalue weighted by Gasteiger charge is -2.35. The Labute approximate surface area is 227 Å². The zero-order valence-corrected chi connectivity index (χ0v) is 21.5. The van der Waals surface area contributed by atoms with Gasteiger partial charge in [-0.1, -0.05) is 6.58 Å². The molecule has 2 saturated heterocycles. The number of H-pyrrole nitrogens is 1. The van der Waals surface area contributed by atoms with Crippen molar-refractivity contribution in [1.82, 2.24) is 20.2 Å². The maximum atomic E-state index is 13.0. The number of nitrogens with zero attached hydrogens (tertiary/aromatic N) is 1. The second kappa shape index (κ2) is 11.9. The van der Waals surface area contributed by atoms with Crippen molar-refractivity contribution in [2.45, 2.75) is 87.4 Å². The maximum absolute atomic E-state index is 13.0. The molecule has 0 bridgehead atoms. The highest BCUT2D eigenvalue weighted by molar-refractivity contribution is 5.92. The van der Waals surface area contributed by atoms with Gasteiger partial charge in [0.25, 0.3) is 11.5 Å². The number of aliphatic hydroxyl groups is 4. The minimum Gasteiger partial charge on any atom is -0.456 e. The van der Waals surface area contributed by atoms with E-state index in [1.165, 1.54) is 0 Å². The molecule has 40 heavy (non-hydrogen) atoms. The number of ether oxygens (including phenoxy) is 3. The zero-order valence-electron chi connectivity index (χ0n) is 21.5. The van der Waals surface area contributed by atoms with Gasteiger partial charge < -0.3 is 51.0 Å². The van der Waals surface area contributed by atoms with Gasteiger partial charge in [-0.15, -0.1) is 0 Å². The molecule has 3 aliphatic rings. The van der Waals surface area contributed by atoms with Crippen molar-refractivity contribution in [2.24, 2.45) is 5.73 Å². The molecule has 4 rings (SSSR count). The molecule has 10 unspecified atom stereocenters. The number of hydrogen-bond donors (Lipinski definition) is 8. The summed E-state index contributed by atoms with van der Waals surface area (Å²) in [6, 6.07) is 0.710. The Morgan fingerprint density at radius 2 is 1.93 bits per heavy atom. The van der Waals surface area contributed by atoms with Crippen LogP contribution in [0.2, 0.25) is 0 Å². The van der Waals surface area contributed by atoms with Crippen molar-refractivity contribution in [2.75, 3.05) is 0 Å². The van der Waals surface area contributed by atoms with Gasteiger partial charge in [-0.05, 0) is 32.3 Å². The normalized spacial score (nSPS) is 35.1. The summed E-state index contributed by atoms with van der Waals surface area (Å²) < 4.78 is 17.3. The summed E-state index contributed by atoms with van der Waals surface area (Å²) in [5.74, 6) is -2.38. The van der Waals surface area contributed by atoms with Gasteiger partial charge in [-0.25, -0.2) is 4.79 Å². The third kappa shape index (κ3) is 6.11. The highest BCUT2D eigenvalue weighted by Crippen LogP contribution is 2.32. The smallest absolute Gasteiger partial charge is 0.330 e. The number of nitrogens with two attached hydrogens (primary N) is 1. The molecule has 2 amide bonds. The fourth-order valence-electron chi connectivity index (χ4n) is 4.81. The molecule has 3 aliphatic heterocycles. The first kappa shape index (κ1) is 29.4. The second-order valence-corrected chi connectivity index (χ2v) is 9.97. The van der Waals surface area contributed by atoms with Crippen LogP contribution in [0, 0.1) is 0 Å². The molecule has 1 aromatic heterocycles. The maximum Gasteiger partial charge on any atom is 0.330 e. The molecular weight excluding hydrogens is 534 g/mol. The average Bonchev–Trinajstić information content (AvgIpc) is 3.06.